The van der Waals surface area contributed by atoms with Gasteiger partial charge in [-0.3, -0.25) is 4.79 Å². The van der Waals surface area contributed by atoms with Gasteiger partial charge >= 0.3 is 0 Å². The van der Waals surface area contributed by atoms with E-state index >= 15 is 0 Å². The minimum Gasteiger partial charge on any atom is -0.340 e. The standard InChI is InChI=1S/C16H12FN3O/c1-10(21)11-4-2-5-12(8-11)20-16-13-6-3-7-14(17)15(13)18-9-19-16/h2-9H,1H3,(H,18,19,20). The van der Waals surface area contributed by atoms with Crippen LogP contribution in [0.15, 0.2) is 48.8 Å². The number of carbonyl (C=O) groups excluding carboxylic acids is 1. The van der Waals surface area contributed by atoms with Crippen LogP contribution in [0, 0.1) is 5.82 Å². The lowest BCUT2D eigenvalue weighted by atomic mass is 10.1. The van der Waals surface area contributed by atoms with Gasteiger partial charge in [0.15, 0.2) is 5.78 Å². The van der Waals surface area contributed by atoms with Gasteiger partial charge < -0.3 is 5.32 Å². The second-order valence-electron chi connectivity index (χ2n) is 4.62. The van der Waals surface area contributed by atoms with Crippen molar-refractivity contribution in [3.05, 3.63) is 60.2 Å². The van der Waals surface area contributed by atoms with Gasteiger partial charge in [0.25, 0.3) is 0 Å². The van der Waals surface area contributed by atoms with E-state index in [1.54, 1.807) is 30.3 Å². The summed E-state index contributed by atoms with van der Waals surface area (Å²) in [6, 6.07) is 11.8. The van der Waals surface area contributed by atoms with Crippen LogP contribution >= 0.6 is 0 Å². The average molecular weight is 281 g/mol. The number of halogens is 1. The molecule has 0 bridgehead atoms. The van der Waals surface area contributed by atoms with Crippen LogP contribution in [0.1, 0.15) is 17.3 Å². The molecule has 0 fully saturated rings. The van der Waals surface area contributed by atoms with Gasteiger partial charge in [-0.2, -0.15) is 0 Å². The quantitative estimate of drug-likeness (QED) is 0.743. The summed E-state index contributed by atoms with van der Waals surface area (Å²) in [5.74, 6) is 0.0906. The summed E-state index contributed by atoms with van der Waals surface area (Å²) < 4.78 is 13.7. The number of nitrogens with zero attached hydrogens (tertiary/aromatic N) is 2. The summed E-state index contributed by atoms with van der Waals surface area (Å²) in [6.07, 6.45) is 1.31. The van der Waals surface area contributed by atoms with E-state index in [1.807, 2.05) is 6.07 Å². The van der Waals surface area contributed by atoms with Crippen LogP contribution in [0.2, 0.25) is 0 Å². The molecular weight excluding hydrogens is 269 g/mol. The van der Waals surface area contributed by atoms with Crippen molar-refractivity contribution < 1.29 is 9.18 Å². The number of hydrogen-bond acceptors (Lipinski definition) is 4. The van der Waals surface area contributed by atoms with Crippen molar-refractivity contribution in [1.82, 2.24) is 9.97 Å². The Morgan fingerprint density at radius 1 is 1.14 bits per heavy atom. The Bertz CT molecular complexity index is 833. The normalized spacial score (nSPS) is 10.6. The molecule has 0 saturated carbocycles. The molecule has 21 heavy (non-hydrogen) atoms. The molecule has 0 spiro atoms. The van der Waals surface area contributed by atoms with Gasteiger partial charge in [-0.15, -0.1) is 0 Å². The summed E-state index contributed by atoms with van der Waals surface area (Å²) in [7, 11) is 0. The van der Waals surface area contributed by atoms with Crippen LogP contribution in [-0.2, 0) is 0 Å². The van der Waals surface area contributed by atoms with Gasteiger partial charge in [-0.25, -0.2) is 14.4 Å². The molecule has 3 aromatic rings. The summed E-state index contributed by atoms with van der Waals surface area (Å²) in [5.41, 5.74) is 1.58. The monoisotopic (exact) mass is 281 g/mol. The molecule has 0 atom stereocenters. The van der Waals surface area contributed by atoms with Crippen LogP contribution in [0.5, 0.6) is 0 Å². The van der Waals surface area contributed by atoms with Crippen LogP contribution in [0.3, 0.4) is 0 Å². The fourth-order valence-electron chi connectivity index (χ4n) is 2.10. The van der Waals surface area contributed by atoms with E-state index < -0.39 is 5.82 Å². The molecule has 4 nitrogen and oxygen atoms in total. The van der Waals surface area contributed by atoms with Gasteiger partial charge in [0.1, 0.15) is 23.5 Å². The number of rotatable bonds is 3. The highest BCUT2D eigenvalue weighted by Crippen LogP contribution is 2.24. The van der Waals surface area contributed by atoms with Crippen molar-refractivity contribution in [2.45, 2.75) is 6.92 Å². The molecule has 5 heteroatoms. The predicted molar refractivity (Wildman–Crippen MR) is 79.2 cm³/mol. The van der Waals surface area contributed by atoms with E-state index in [1.165, 1.54) is 19.3 Å². The maximum atomic E-state index is 13.7. The van der Waals surface area contributed by atoms with Crippen molar-refractivity contribution in [3.8, 4) is 0 Å². The van der Waals surface area contributed by atoms with Crippen molar-refractivity contribution in [2.24, 2.45) is 0 Å². The highest BCUT2D eigenvalue weighted by molar-refractivity contribution is 5.96. The number of carbonyl (C=O) groups is 1. The summed E-state index contributed by atoms with van der Waals surface area (Å²) >= 11 is 0. The van der Waals surface area contributed by atoms with Crippen molar-refractivity contribution in [2.75, 3.05) is 5.32 Å². The molecule has 0 amide bonds. The lowest BCUT2D eigenvalue weighted by molar-refractivity contribution is 0.101. The SMILES string of the molecule is CC(=O)c1cccc(Nc2ncnc3c(F)cccc23)c1. The fourth-order valence-corrected chi connectivity index (χ4v) is 2.10. The minimum absolute atomic E-state index is 0.0164. The number of aromatic nitrogens is 2. The second kappa shape index (κ2) is 5.28. The lowest BCUT2D eigenvalue weighted by Crippen LogP contribution is -1.99. The maximum Gasteiger partial charge on any atom is 0.159 e. The highest BCUT2D eigenvalue weighted by atomic mass is 19.1. The molecule has 0 unspecified atom stereocenters. The Hall–Kier alpha value is -2.82. The fraction of sp³-hybridized carbons (Fsp3) is 0.0625. The number of anilines is 2. The molecule has 1 N–H and O–H groups in total. The van der Waals surface area contributed by atoms with Crippen LogP contribution in [-0.4, -0.2) is 15.8 Å². The van der Waals surface area contributed by atoms with Crippen molar-refractivity contribution >= 4 is 28.2 Å². The first kappa shape index (κ1) is 13.2. The molecule has 1 aromatic heterocycles. The van der Waals surface area contributed by atoms with Crippen LogP contribution in [0.25, 0.3) is 10.9 Å². The maximum absolute atomic E-state index is 13.7. The number of Topliss-reactive ketones (excluding diaryl/α,β-unsaturated/α-hetero) is 1. The molecule has 0 radical (unpaired) electrons. The molecule has 0 aliphatic carbocycles. The summed E-state index contributed by atoms with van der Waals surface area (Å²) in [5, 5.41) is 3.69. The summed E-state index contributed by atoms with van der Waals surface area (Å²) in [6.45, 7) is 1.51. The number of ketones is 1. The Morgan fingerprint density at radius 3 is 2.76 bits per heavy atom. The van der Waals surface area contributed by atoms with Gasteiger partial charge in [-0.05, 0) is 31.2 Å². The van der Waals surface area contributed by atoms with Crippen molar-refractivity contribution in [3.63, 3.8) is 0 Å². The number of hydrogen-bond donors (Lipinski definition) is 1. The Balaban J connectivity index is 2.04. The van der Waals surface area contributed by atoms with Gasteiger partial charge in [0, 0.05) is 16.6 Å². The number of benzene rings is 2. The molecule has 3 rings (SSSR count). The minimum atomic E-state index is -0.393. The van der Waals surface area contributed by atoms with E-state index in [0.29, 0.717) is 22.5 Å². The third kappa shape index (κ3) is 2.58. The van der Waals surface area contributed by atoms with E-state index in [-0.39, 0.29) is 11.3 Å². The topological polar surface area (TPSA) is 54.9 Å². The van der Waals surface area contributed by atoms with Crippen LogP contribution in [0.4, 0.5) is 15.9 Å². The van der Waals surface area contributed by atoms with Gasteiger partial charge in [0.05, 0.1) is 0 Å². The number of nitrogens with one attached hydrogen (secondary N) is 1. The van der Waals surface area contributed by atoms with Gasteiger partial charge in [-0.1, -0.05) is 18.2 Å². The van der Waals surface area contributed by atoms with Gasteiger partial charge in [0.2, 0.25) is 0 Å². The van der Waals surface area contributed by atoms with E-state index in [0.717, 1.165) is 0 Å². The largest absolute Gasteiger partial charge is 0.340 e. The Kier molecular flexibility index (Phi) is 3.31. The highest BCUT2D eigenvalue weighted by Gasteiger charge is 2.08. The first-order valence-electron chi connectivity index (χ1n) is 6.42. The first-order valence-corrected chi connectivity index (χ1v) is 6.42. The van der Waals surface area contributed by atoms with E-state index in [9.17, 15) is 9.18 Å². The molecule has 0 saturated heterocycles. The Labute approximate surface area is 120 Å². The molecule has 2 aromatic carbocycles. The zero-order valence-corrected chi connectivity index (χ0v) is 11.3. The van der Waals surface area contributed by atoms with E-state index in [2.05, 4.69) is 15.3 Å². The predicted octanol–water partition coefficient (Wildman–Crippen LogP) is 3.72. The molecule has 0 aliphatic rings. The molecule has 0 aliphatic heterocycles. The third-order valence-corrected chi connectivity index (χ3v) is 3.15. The molecule has 104 valence electrons. The second-order valence-corrected chi connectivity index (χ2v) is 4.62. The molecule has 1 heterocycles. The smallest absolute Gasteiger partial charge is 0.159 e. The third-order valence-electron chi connectivity index (χ3n) is 3.15. The molecular formula is C16H12FN3O. The van der Waals surface area contributed by atoms with Crippen molar-refractivity contribution in [1.29, 1.82) is 0 Å². The zero-order chi connectivity index (χ0) is 14.8. The van der Waals surface area contributed by atoms with E-state index in [4.69, 9.17) is 0 Å². The lowest BCUT2D eigenvalue weighted by Gasteiger charge is -2.09. The number of fused-ring (bicyclic) bond motifs is 1. The van der Waals surface area contributed by atoms with Crippen LogP contribution < -0.4 is 5.32 Å². The number of para-hydroxylation sites is 1. The first-order chi connectivity index (χ1) is 10.1. The average Bonchev–Trinajstić information content (AvgIpc) is 2.49. The Morgan fingerprint density at radius 2 is 1.95 bits per heavy atom. The zero-order valence-electron chi connectivity index (χ0n) is 11.3. The summed E-state index contributed by atoms with van der Waals surface area (Å²) in [4.78, 5) is 19.5.